The Kier molecular flexibility index (Phi) is 10.4. The van der Waals surface area contributed by atoms with Gasteiger partial charge in [-0.25, -0.2) is 4.39 Å². The molecular formula is C31H29FN4O2. The van der Waals surface area contributed by atoms with E-state index in [9.17, 15) is 4.39 Å². The second-order valence-electron chi connectivity index (χ2n) is 8.33. The molecule has 0 radical (unpaired) electrons. The van der Waals surface area contributed by atoms with E-state index in [1.54, 1.807) is 18.2 Å². The van der Waals surface area contributed by atoms with Gasteiger partial charge in [0.05, 0.1) is 17.2 Å². The Balaban J connectivity index is 0.000000732. The van der Waals surface area contributed by atoms with Crippen molar-refractivity contribution in [2.45, 2.75) is 13.3 Å². The first kappa shape index (κ1) is 27.9. The fourth-order valence-electron chi connectivity index (χ4n) is 3.60. The lowest BCUT2D eigenvalue weighted by molar-refractivity contribution is 0.120. The number of hydrogen-bond donors (Lipinski definition) is 2. The number of nitrogens with zero attached hydrogens (tertiary/aromatic N) is 2. The topological polar surface area (TPSA) is 118 Å². The van der Waals surface area contributed by atoms with Gasteiger partial charge in [0.15, 0.2) is 0 Å². The molecule has 192 valence electrons. The molecule has 0 saturated carbocycles. The molecule has 7 heteroatoms. The normalized spacial score (nSPS) is 9.95. The molecule has 4 rings (SSSR count). The second kappa shape index (κ2) is 14.2. The highest BCUT2D eigenvalue weighted by Gasteiger charge is 2.06. The van der Waals surface area contributed by atoms with E-state index in [-0.39, 0.29) is 12.4 Å². The maximum atomic E-state index is 13.8. The Morgan fingerprint density at radius 3 is 1.76 bits per heavy atom. The Hall–Kier alpha value is -4.69. The van der Waals surface area contributed by atoms with Crippen molar-refractivity contribution in [2.24, 2.45) is 11.5 Å². The minimum Gasteiger partial charge on any atom is -0.458 e. The SMILES string of the molecule is Cc1cc(C#N)ccc1-c1ccc(OCOc2ccc(-c3ccc(C#N)c(F)c3)cc2)cc1.NCCCN. The van der Waals surface area contributed by atoms with E-state index in [2.05, 4.69) is 6.07 Å². The van der Waals surface area contributed by atoms with Gasteiger partial charge >= 0.3 is 0 Å². The standard InChI is InChI=1S/C28H19FN2O2.C3H10N2/c1-19-14-20(16-30)2-13-27(19)22-7-11-26(12-8-22)33-18-32-25-9-5-21(6-10-25)23-3-4-24(17-31)28(29)15-23;4-2-1-3-5/h2-15H,18H2,1H3;1-5H2. The molecule has 0 unspecified atom stereocenters. The van der Waals surface area contributed by atoms with Gasteiger partial charge in [0, 0.05) is 0 Å². The summed E-state index contributed by atoms with van der Waals surface area (Å²) < 4.78 is 25.2. The van der Waals surface area contributed by atoms with Crippen LogP contribution in [0.3, 0.4) is 0 Å². The van der Waals surface area contributed by atoms with Gasteiger partial charge in [-0.2, -0.15) is 10.5 Å². The van der Waals surface area contributed by atoms with Gasteiger partial charge in [0.2, 0.25) is 6.79 Å². The first-order chi connectivity index (χ1) is 18.5. The third-order valence-electron chi connectivity index (χ3n) is 5.66. The van der Waals surface area contributed by atoms with Gasteiger partial charge in [0.25, 0.3) is 0 Å². The number of nitriles is 2. The highest BCUT2D eigenvalue weighted by Crippen LogP contribution is 2.27. The minimum atomic E-state index is -0.538. The van der Waals surface area contributed by atoms with Crippen LogP contribution >= 0.6 is 0 Å². The van der Waals surface area contributed by atoms with Crippen LogP contribution in [0.2, 0.25) is 0 Å². The summed E-state index contributed by atoms with van der Waals surface area (Å²) in [5.41, 5.74) is 15.4. The lowest BCUT2D eigenvalue weighted by atomic mass is 9.99. The summed E-state index contributed by atoms with van der Waals surface area (Å²) in [6.07, 6.45) is 0.944. The number of hydrogen-bond acceptors (Lipinski definition) is 6. The van der Waals surface area contributed by atoms with Crippen LogP contribution < -0.4 is 20.9 Å². The van der Waals surface area contributed by atoms with E-state index in [4.69, 9.17) is 31.5 Å². The average molecular weight is 509 g/mol. The minimum absolute atomic E-state index is 0.0240. The zero-order chi connectivity index (χ0) is 27.3. The summed E-state index contributed by atoms with van der Waals surface area (Å²) in [5, 5.41) is 17.9. The van der Waals surface area contributed by atoms with Gasteiger partial charge in [0.1, 0.15) is 23.4 Å². The van der Waals surface area contributed by atoms with Gasteiger partial charge in [-0.1, -0.05) is 36.4 Å². The van der Waals surface area contributed by atoms with Gasteiger partial charge in [-0.3, -0.25) is 0 Å². The predicted molar refractivity (Wildman–Crippen MR) is 147 cm³/mol. The third-order valence-corrected chi connectivity index (χ3v) is 5.66. The fraction of sp³-hybridized carbons (Fsp3) is 0.161. The van der Waals surface area contributed by atoms with E-state index in [0.717, 1.165) is 41.8 Å². The zero-order valence-corrected chi connectivity index (χ0v) is 21.2. The summed E-state index contributed by atoms with van der Waals surface area (Å²) in [4.78, 5) is 0. The fourth-order valence-corrected chi connectivity index (χ4v) is 3.60. The summed E-state index contributed by atoms with van der Waals surface area (Å²) in [7, 11) is 0. The molecule has 0 fully saturated rings. The lowest BCUT2D eigenvalue weighted by Gasteiger charge is -2.11. The Morgan fingerprint density at radius 2 is 1.29 bits per heavy atom. The van der Waals surface area contributed by atoms with Crippen molar-refractivity contribution in [1.29, 1.82) is 10.5 Å². The molecule has 0 saturated heterocycles. The summed E-state index contributed by atoms with van der Waals surface area (Å²) in [6.45, 7) is 3.46. The number of benzene rings is 4. The number of ether oxygens (including phenoxy) is 2. The highest BCUT2D eigenvalue weighted by molar-refractivity contribution is 5.69. The number of halogens is 1. The van der Waals surface area contributed by atoms with Crippen molar-refractivity contribution in [3.63, 3.8) is 0 Å². The van der Waals surface area contributed by atoms with Crippen LogP contribution in [0.15, 0.2) is 84.9 Å². The Morgan fingerprint density at radius 1 is 0.711 bits per heavy atom. The molecule has 0 bridgehead atoms. The Labute approximate surface area is 222 Å². The van der Waals surface area contributed by atoms with E-state index in [1.165, 1.54) is 12.1 Å². The summed E-state index contributed by atoms with van der Waals surface area (Å²) >= 11 is 0. The van der Waals surface area contributed by atoms with Crippen molar-refractivity contribution < 1.29 is 13.9 Å². The van der Waals surface area contributed by atoms with Crippen LogP contribution in [-0.2, 0) is 0 Å². The molecule has 0 aliphatic carbocycles. The van der Waals surface area contributed by atoms with Gasteiger partial charge in [-0.15, -0.1) is 0 Å². The van der Waals surface area contributed by atoms with Gasteiger partial charge < -0.3 is 20.9 Å². The molecule has 0 spiro atoms. The molecule has 0 heterocycles. The summed E-state index contributed by atoms with van der Waals surface area (Å²) in [5.74, 6) is 0.761. The molecule has 0 aliphatic heterocycles. The number of rotatable bonds is 8. The average Bonchev–Trinajstić information content (AvgIpc) is 2.94. The van der Waals surface area contributed by atoms with Crippen molar-refractivity contribution >= 4 is 0 Å². The number of aryl methyl sites for hydroxylation is 1. The molecular weight excluding hydrogens is 479 g/mol. The Bertz CT molecular complexity index is 1420. The molecule has 0 atom stereocenters. The third kappa shape index (κ3) is 7.65. The lowest BCUT2D eigenvalue weighted by Crippen LogP contribution is -2.06. The quantitative estimate of drug-likeness (QED) is 0.285. The van der Waals surface area contributed by atoms with Crippen molar-refractivity contribution in [2.75, 3.05) is 19.9 Å². The van der Waals surface area contributed by atoms with E-state index < -0.39 is 5.82 Å². The molecule has 0 aliphatic rings. The molecule has 4 aromatic carbocycles. The van der Waals surface area contributed by atoms with Crippen LogP contribution in [0.4, 0.5) is 4.39 Å². The van der Waals surface area contributed by atoms with Crippen LogP contribution in [0.25, 0.3) is 22.3 Å². The van der Waals surface area contributed by atoms with Crippen LogP contribution in [0.5, 0.6) is 11.5 Å². The monoisotopic (exact) mass is 508 g/mol. The maximum absolute atomic E-state index is 13.8. The largest absolute Gasteiger partial charge is 0.458 e. The van der Waals surface area contributed by atoms with Crippen molar-refractivity contribution in [3.8, 4) is 45.9 Å². The van der Waals surface area contributed by atoms with E-state index in [1.807, 2.05) is 67.6 Å². The van der Waals surface area contributed by atoms with Crippen molar-refractivity contribution in [3.05, 3.63) is 107 Å². The molecule has 0 aromatic heterocycles. The first-order valence-electron chi connectivity index (χ1n) is 12.1. The summed E-state index contributed by atoms with van der Waals surface area (Å²) in [6, 6.07) is 29.0. The molecule has 4 N–H and O–H groups in total. The molecule has 0 amide bonds. The highest BCUT2D eigenvalue weighted by atomic mass is 19.1. The van der Waals surface area contributed by atoms with E-state index in [0.29, 0.717) is 22.6 Å². The molecule has 6 nitrogen and oxygen atoms in total. The molecule has 4 aromatic rings. The van der Waals surface area contributed by atoms with Crippen LogP contribution in [-0.4, -0.2) is 19.9 Å². The number of nitrogens with two attached hydrogens (primary N) is 2. The molecule has 38 heavy (non-hydrogen) atoms. The zero-order valence-electron chi connectivity index (χ0n) is 21.2. The second-order valence-corrected chi connectivity index (χ2v) is 8.33. The predicted octanol–water partition coefficient (Wildman–Crippen LogP) is 5.92. The van der Waals surface area contributed by atoms with Crippen LogP contribution in [0.1, 0.15) is 23.1 Å². The van der Waals surface area contributed by atoms with E-state index >= 15 is 0 Å². The van der Waals surface area contributed by atoms with Gasteiger partial charge in [-0.05, 0) is 103 Å². The first-order valence-corrected chi connectivity index (χ1v) is 12.1. The van der Waals surface area contributed by atoms with Crippen molar-refractivity contribution in [1.82, 2.24) is 0 Å². The van der Waals surface area contributed by atoms with Crippen LogP contribution in [0, 0.1) is 35.4 Å². The maximum Gasteiger partial charge on any atom is 0.230 e. The smallest absolute Gasteiger partial charge is 0.230 e.